The van der Waals surface area contributed by atoms with Gasteiger partial charge in [0.15, 0.2) is 21.3 Å². The average molecular weight is 376 g/mol. The Labute approximate surface area is 149 Å². The van der Waals surface area contributed by atoms with Crippen LogP contribution in [-0.4, -0.2) is 48.6 Å². The van der Waals surface area contributed by atoms with Crippen LogP contribution in [0.2, 0.25) is 0 Å². The van der Waals surface area contributed by atoms with Gasteiger partial charge in [-0.25, -0.2) is 18.4 Å². The van der Waals surface area contributed by atoms with Gasteiger partial charge in [0.05, 0.1) is 11.5 Å². The summed E-state index contributed by atoms with van der Waals surface area (Å²) in [5.74, 6) is 1.42. The molecule has 2 aliphatic heterocycles. The van der Waals surface area contributed by atoms with E-state index < -0.39 is 15.7 Å². The van der Waals surface area contributed by atoms with E-state index in [2.05, 4.69) is 20.6 Å². The number of carbonyl (C=O) groups is 1. The molecule has 1 saturated heterocycles. The van der Waals surface area contributed by atoms with Crippen LogP contribution >= 0.6 is 0 Å². The van der Waals surface area contributed by atoms with Crippen molar-refractivity contribution >= 4 is 27.2 Å². The van der Waals surface area contributed by atoms with E-state index in [1.54, 1.807) is 18.2 Å². The number of hydrogen-bond acceptors (Lipinski definition) is 8. The third-order valence-electron chi connectivity index (χ3n) is 4.11. The predicted octanol–water partition coefficient (Wildman–Crippen LogP) is 1.06. The molecule has 9 nitrogen and oxygen atoms in total. The molecular formula is C16H16N4O5S. The molecule has 26 heavy (non-hydrogen) atoms. The summed E-state index contributed by atoms with van der Waals surface area (Å²) in [6.45, 7) is 0.157. The van der Waals surface area contributed by atoms with Gasteiger partial charge in [0.2, 0.25) is 6.79 Å². The van der Waals surface area contributed by atoms with Crippen LogP contribution in [0.4, 0.5) is 11.5 Å². The van der Waals surface area contributed by atoms with Gasteiger partial charge in [-0.3, -0.25) is 4.79 Å². The van der Waals surface area contributed by atoms with E-state index in [4.69, 9.17) is 9.47 Å². The molecule has 1 atom stereocenters. The summed E-state index contributed by atoms with van der Waals surface area (Å²) in [5, 5.41) is 5.78. The van der Waals surface area contributed by atoms with Gasteiger partial charge in [-0.15, -0.1) is 0 Å². The first-order chi connectivity index (χ1) is 12.5. The van der Waals surface area contributed by atoms with Crippen molar-refractivity contribution in [2.45, 2.75) is 12.5 Å². The van der Waals surface area contributed by atoms with Crippen molar-refractivity contribution < 1.29 is 22.7 Å². The number of nitrogens with one attached hydrogen (secondary N) is 2. The van der Waals surface area contributed by atoms with E-state index in [0.29, 0.717) is 29.4 Å². The molecule has 4 rings (SSSR count). The van der Waals surface area contributed by atoms with E-state index >= 15 is 0 Å². The number of anilines is 2. The fourth-order valence-electron chi connectivity index (χ4n) is 2.85. The molecule has 1 fully saturated rings. The van der Waals surface area contributed by atoms with E-state index in [0.717, 1.165) is 0 Å². The number of aromatic nitrogens is 2. The number of hydrogen-bond donors (Lipinski definition) is 2. The maximum Gasteiger partial charge on any atom is 0.274 e. The first-order valence-corrected chi connectivity index (χ1v) is 9.81. The van der Waals surface area contributed by atoms with Crippen LogP contribution in [0.3, 0.4) is 0 Å². The molecule has 2 aromatic rings. The van der Waals surface area contributed by atoms with E-state index in [1.165, 1.54) is 12.4 Å². The second-order valence-corrected chi connectivity index (χ2v) is 8.28. The molecule has 0 saturated carbocycles. The monoisotopic (exact) mass is 376 g/mol. The van der Waals surface area contributed by atoms with Crippen molar-refractivity contribution in [3.8, 4) is 11.5 Å². The van der Waals surface area contributed by atoms with E-state index in [1.807, 2.05) is 0 Å². The molecular weight excluding hydrogens is 360 g/mol. The summed E-state index contributed by atoms with van der Waals surface area (Å²) in [7, 11) is -3.00. The lowest BCUT2D eigenvalue weighted by molar-refractivity contribution is 0.102. The molecule has 136 valence electrons. The van der Waals surface area contributed by atoms with Crippen LogP contribution in [-0.2, 0) is 9.84 Å². The summed E-state index contributed by atoms with van der Waals surface area (Å²) in [4.78, 5) is 20.4. The zero-order chi connectivity index (χ0) is 18.1. The van der Waals surface area contributed by atoms with E-state index in [9.17, 15) is 13.2 Å². The maximum absolute atomic E-state index is 12.4. The summed E-state index contributed by atoms with van der Waals surface area (Å²) in [6.07, 6.45) is 1.78. The molecule has 1 amide bonds. The predicted molar refractivity (Wildman–Crippen MR) is 93.2 cm³/mol. The van der Waals surface area contributed by atoms with Crippen LogP contribution in [0.1, 0.15) is 16.9 Å². The summed E-state index contributed by atoms with van der Waals surface area (Å²) in [6, 6.07) is 6.37. The Kier molecular flexibility index (Phi) is 4.11. The molecule has 0 spiro atoms. The highest BCUT2D eigenvalue weighted by Crippen LogP contribution is 2.34. The van der Waals surface area contributed by atoms with Gasteiger partial charge < -0.3 is 20.1 Å². The Bertz CT molecular complexity index is 963. The zero-order valence-corrected chi connectivity index (χ0v) is 14.5. The minimum absolute atomic E-state index is 0.0652. The number of sulfone groups is 1. The van der Waals surface area contributed by atoms with Gasteiger partial charge in [-0.05, 0) is 18.6 Å². The third kappa shape index (κ3) is 3.54. The Morgan fingerprint density at radius 1 is 1.15 bits per heavy atom. The van der Waals surface area contributed by atoms with Crippen molar-refractivity contribution in [3.63, 3.8) is 0 Å². The second-order valence-electron chi connectivity index (χ2n) is 6.05. The smallest absolute Gasteiger partial charge is 0.274 e. The Morgan fingerprint density at radius 3 is 2.81 bits per heavy atom. The molecule has 0 bridgehead atoms. The Morgan fingerprint density at radius 2 is 2.00 bits per heavy atom. The van der Waals surface area contributed by atoms with Crippen LogP contribution in [0, 0.1) is 0 Å². The molecule has 2 N–H and O–H groups in total. The number of amides is 1. The minimum Gasteiger partial charge on any atom is -0.454 e. The highest BCUT2D eigenvalue weighted by Gasteiger charge is 2.28. The lowest BCUT2D eigenvalue weighted by Crippen LogP contribution is -2.22. The normalized spacial score (nSPS) is 19.9. The maximum atomic E-state index is 12.4. The summed E-state index contributed by atoms with van der Waals surface area (Å²) in [5.41, 5.74) is 0.718. The number of benzene rings is 1. The van der Waals surface area contributed by atoms with Crippen LogP contribution in [0.5, 0.6) is 11.5 Å². The van der Waals surface area contributed by atoms with Gasteiger partial charge in [-0.2, -0.15) is 0 Å². The average Bonchev–Trinajstić information content (AvgIpc) is 3.20. The van der Waals surface area contributed by atoms with Gasteiger partial charge in [0.1, 0.15) is 17.8 Å². The zero-order valence-electron chi connectivity index (χ0n) is 13.6. The van der Waals surface area contributed by atoms with Crippen molar-refractivity contribution in [2.75, 3.05) is 28.9 Å². The lowest BCUT2D eigenvalue weighted by atomic mass is 10.2. The molecule has 10 heteroatoms. The minimum atomic E-state index is -3.00. The second kappa shape index (κ2) is 6.45. The summed E-state index contributed by atoms with van der Waals surface area (Å²) < 4.78 is 33.6. The van der Waals surface area contributed by atoms with Crippen molar-refractivity contribution in [2.24, 2.45) is 0 Å². The largest absolute Gasteiger partial charge is 0.454 e. The third-order valence-corrected chi connectivity index (χ3v) is 5.88. The molecule has 0 aliphatic carbocycles. The van der Waals surface area contributed by atoms with Crippen LogP contribution in [0.15, 0.2) is 30.6 Å². The topological polar surface area (TPSA) is 120 Å². The molecule has 1 unspecified atom stereocenters. The molecule has 2 aliphatic rings. The fourth-order valence-corrected chi connectivity index (χ4v) is 4.52. The van der Waals surface area contributed by atoms with Crippen LogP contribution in [0.25, 0.3) is 0 Å². The van der Waals surface area contributed by atoms with Crippen LogP contribution < -0.4 is 20.1 Å². The van der Waals surface area contributed by atoms with Crippen molar-refractivity contribution in [1.29, 1.82) is 0 Å². The lowest BCUT2D eigenvalue weighted by Gasteiger charge is -2.12. The van der Waals surface area contributed by atoms with Gasteiger partial charge in [0, 0.05) is 23.9 Å². The van der Waals surface area contributed by atoms with Crippen molar-refractivity contribution in [1.82, 2.24) is 9.97 Å². The molecule has 0 radical (unpaired) electrons. The molecule has 3 heterocycles. The number of rotatable bonds is 4. The Balaban J connectivity index is 1.45. The van der Waals surface area contributed by atoms with Crippen molar-refractivity contribution in [3.05, 3.63) is 36.3 Å². The standard InChI is InChI=1S/C16H16N4O5S/c21-16(20-10-1-2-13-14(5-10)25-9-24-13)12-6-15(18-8-17-12)19-11-3-4-26(22,23)7-11/h1-2,5-6,8,11H,3-4,7,9H2,(H,20,21)(H,17,18,19). The SMILES string of the molecule is O=C(Nc1ccc2c(c1)OCO2)c1cc(NC2CCS(=O)(=O)C2)ncn1. The first-order valence-electron chi connectivity index (χ1n) is 7.98. The quantitative estimate of drug-likeness (QED) is 0.813. The Hall–Kier alpha value is -2.88. The molecule has 1 aromatic heterocycles. The van der Waals surface area contributed by atoms with Gasteiger partial charge in [-0.1, -0.05) is 0 Å². The molecule has 1 aromatic carbocycles. The fraction of sp³-hybridized carbons (Fsp3) is 0.312. The van der Waals surface area contributed by atoms with Gasteiger partial charge in [0.25, 0.3) is 5.91 Å². The highest BCUT2D eigenvalue weighted by molar-refractivity contribution is 7.91. The first kappa shape index (κ1) is 16.6. The van der Waals surface area contributed by atoms with Gasteiger partial charge >= 0.3 is 0 Å². The highest BCUT2D eigenvalue weighted by atomic mass is 32.2. The number of nitrogens with zero attached hydrogens (tertiary/aromatic N) is 2. The number of fused-ring (bicyclic) bond motifs is 1. The summed E-state index contributed by atoms with van der Waals surface area (Å²) >= 11 is 0. The van der Waals surface area contributed by atoms with E-state index in [-0.39, 0.29) is 30.0 Å². The number of carbonyl (C=O) groups excluding carboxylic acids is 1. The number of ether oxygens (including phenoxy) is 2.